The van der Waals surface area contributed by atoms with Gasteiger partial charge in [-0.3, -0.25) is 14.8 Å². The van der Waals surface area contributed by atoms with Crippen LogP contribution in [0.1, 0.15) is 38.4 Å². The van der Waals surface area contributed by atoms with Crippen molar-refractivity contribution in [2.24, 2.45) is 0 Å². The van der Waals surface area contributed by atoms with Crippen LogP contribution in [0.3, 0.4) is 0 Å². The zero-order valence-corrected chi connectivity index (χ0v) is 20.9. The van der Waals surface area contributed by atoms with E-state index in [4.69, 9.17) is 5.73 Å². The van der Waals surface area contributed by atoms with Gasteiger partial charge in [0.25, 0.3) is 5.91 Å². The van der Waals surface area contributed by atoms with Crippen molar-refractivity contribution in [1.82, 2.24) is 20.3 Å². The molecule has 1 aromatic carbocycles. The van der Waals surface area contributed by atoms with Crippen molar-refractivity contribution in [3.63, 3.8) is 0 Å². The van der Waals surface area contributed by atoms with Gasteiger partial charge in [0.2, 0.25) is 0 Å². The fourth-order valence-corrected chi connectivity index (χ4v) is 4.92. The minimum Gasteiger partial charge on any atom is -0.384 e. The van der Waals surface area contributed by atoms with Gasteiger partial charge in [0, 0.05) is 53.3 Å². The number of sulfone groups is 1. The number of nitrogen functional groups attached to an aromatic ring is 1. The number of nitrogens with zero attached hydrogens (tertiary/aromatic N) is 3. The van der Waals surface area contributed by atoms with Crippen LogP contribution in [0.2, 0.25) is 0 Å². The lowest BCUT2D eigenvalue weighted by Crippen LogP contribution is -2.26. The Morgan fingerprint density at radius 2 is 1.84 bits per heavy atom. The quantitative estimate of drug-likeness (QED) is 0.349. The van der Waals surface area contributed by atoms with Crippen LogP contribution in [0.15, 0.2) is 53.7 Å². The number of nitrogens with one attached hydrogen (secondary N) is 1. The summed E-state index contributed by atoms with van der Waals surface area (Å²) < 4.78 is 78.8. The van der Waals surface area contributed by atoms with Gasteiger partial charge in [0.1, 0.15) is 11.6 Å². The Hall–Kier alpha value is -4.13. The highest BCUT2D eigenvalue weighted by molar-refractivity contribution is 7.91. The molecule has 8 nitrogen and oxygen atoms in total. The predicted octanol–water partition coefficient (Wildman–Crippen LogP) is 4.00. The van der Waals surface area contributed by atoms with Gasteiger partial charge in [-0.15, -0.1) is 0 Å². The second-order valence-corrected chi connectivity index (χ2v) is 10.6. The molecule has 0 bridgehead atoms. The number of anilines is 1. The second-order valence-electron chi connectivity index (χ2n) is 8.64. The molecule has 198 valence electrons. The first-order valence-corrected chi connectivity index (χ1v) is 13.0. The minimum atomic E-state index is -4.69. The predicted molar refractivity (Wildman–Crippen MR) is 131 cm³/mol. The number of aromatic nitrogens is 3. The maximum Gasteiger partial charge on any atom is 0.416 e. The SMILES string of the molecule is Cc1nc(N)cc(C(F)(F)F)c1CNC(=O)c1ccnc(Cc2cc(S(C)(=O)=O)c3ncc(F)cc3c2)c1. The van der Waals surface area contributed by atoms with Crippen molar-refractivity contribution < 1.29 is 30.8 Å². The number of pyridine rings is 3. The molecule has 0 aliphatic rings. The number of amides is 1. The van der Waals surface area contributed by atoms with Crippen molar-refractivity contribution in [2.75, 3.05) is 12.0 Å². The zero-order chi connectivity index (χ0) is 27.8. The van der Waals surface area contributed by atoms with E-state index in [1.165, 1.54) is 37.4 Å². The van der Waals surface area contributed by atoms with Gasteiger partial charge in [0.15, 0.2) is 9.84 Å². The highest BCUT2D eigenvalue weighted by atomic mass is 32.2. The summed E-state index contributed by atoms with van der Waals surface area (Å²) in [7, 11) is -3.70. The lowest BCUT2D eigenvalue weighted by atomic mass is 10.0. The zero-order valence-electron chi connectivity index (χ0n) is 20.1. The summed E-state index contributed by atoms with van der Waals surface area (Å²) in [5.41, 5.74) is 5.42. The van der Waals surface area contributed by atoms with Crippen LogP contribution in [-0.2, 0) is 29.0 Å². The number of rotatable bonds is 6. The first-order valence-electron chi connectivity index (χ1n) is 11.1. The Morgan fingerprint density at radius 1 is 1.11 bits per heavy atom. The van der Waals surface area contributed by atoms with E-state index in [1.807, 2.05) is 0 Å². The lowest BCUT2D eigenvalue weighted by Gasteiger charge is -2.16. The summed E-state index contributed by atoms with van der Waals surface area (Å²) in [4.78, 5) is 24.7. The Kier molecular flexibility index (Phi) is 7.06. The molecule has 0 aliphatic carbocycles. The molecule has 1 amide bonds. The molecule has 0 atom stereocenters. The Bertz CT molecular complexity index is 1670. The first kappa shape index (κ1) is 26.9. The molecule has 0 aliphatic heterocycles. The molecule has 0 radical (unpaired) electrons. The van der Waals surface area contributed by atoms with Gasteiger partial charge >= 0.3 is 6.18 Å². The van der Waals surface area contributed by atoms with Crippen molar-refractivity contribution in [3.8, 4) is 0 Å². The fraction of sp³-hybridized carbons (Fsp3) is 0.200. The van der Waals surface area contributed by atoms with Crippen molar-refractivity contribution in [1.29, 1.82) is 0 Å². The molecule has 38 heavy (non-hydrogen) atoms. The molecule has 3 aromatic heterocycles. The largest absolute Gasteiger partial charge is 0.416 e. The molecule has 0 unspecified atom stereocenters. The standard InChI is InChI=1S/C25H21F4N5O3S/c1-13-19(20(25(27,28)29)10-22(30)34-13)12-33-24(35)15-3-4-31-18(9-15)6-14-5-16-8-17(26)11-32-23(16)21(7-14)38(2,36)37/h3-5,7-11H,6,12H2,1-2H3,(H2,30,34)(H,33,35). The van der Waals surface area contributed by atoms with E-state index < -0.39 is 39.8 Å². The van der Waals surface area contributed by atoms with E-state index >= 15 is 0 Å². The van der Waals surface area contributed by atoms with E-state index in [-0.39, 0.29) is 44.9 Å². The van der Waals surface area contributed by atoms with E-state index in [9.17, 15) is 30.8 Å². The van der Waals surface area contributed by atoms with Crippen LogP contribution in [0.4, 0.5) is 23.4 Å². The van der Waals surface area contributed by atoms with Crippen LogP contribution >= 0.6 is 0 Å². The van der Waals surface area contributed by atoms with Gasteiger partial charge in [-0.1, -0.05) is 0 Å². The van der Waals surface area contributed by atoms with E-state index in [2.05, 4.69) is 20.3 Å². The molecule has 3 heterocycles. The monoisotopic (exact) mass is 547 g/mol. The third-order valence-electron chi connectivity index (χ3n) is 5.72. The van der Waals surface area contributed by atoms with Crippen LogP contribution in [0, 0.1) is 12.7 Å². The van der Waals surface area contributed by atoms with Crippen LogP contribution < -0.4 is 11.1 Å². The number of hydrogen-bond acceptors (Lipinski definition) is 7. The maximum atomic E-state index is 13.8. The average molecular weight is 548 g/mol. The van der Waals surface area contributed by atoms with Gasteiger partial charge in [0.05, 0.1) is 22.2 Å². The third-order valence-corrected chi connectivity index (χ3v) is 6.83. The molecule has 4 aromatic rings. The summed E-state index contributed by atoms with van der Waals surface area (Å²) in [6, 6.07) is 7.69. The maximum absolute atomic E-state index is 13.8. The van der Waals surface area contributed by atoms with Crippen molar-refractivity contribution >= 4 is 32.5 Å². The number of carbonyl (C=O) groups is 1. The summed E-state index contributed by atoms with van der Waals surface area (Å²) in [5, 5.41) is 2.74. The van der Waals surface area contributed by atoms with E-state index in [0.717, 1.165) is 18.5 Å². The smallest absolute Gasteiger partial charge is 0.384 e. The minimum absolute atomic E-state index is 0.0388. The second kappa shape index (κ2) is 9.97. The highest BCUT2D eigenvalue weighted by Crippen LogP contribution is 2.34. The van der Waals surface area contributed by atoms with E-state index in [1.54, 1.807) is 6.07 Å². The number of carbonyl (C=O) groups excluding carboxylic acids is 1. The molecular formula is C25H21F4N5O3S. The highest BCUT2D eigenvalue weighted by Gasteiger charge is 2.35. The topological polar surface area (TPSA) is 128 Å². The molecule has 0 fully saturated rings. The normalized spacial score (nSPS) is 12.1. The number of halogens is 4. The van der Waals surface area contributed by atoms with Gasteiger partial charge in [-0.2, -0.15) is 13.2 Å². The fourth-order valence-electron chi connectivity index (χ4n) is 4.03. The summed E-state index contributed by atoms with van der Waals surface area (Å²) in [6.45, 7) is 0.929. The number of fused-ring (bicyclic) bond motifs is 1. The Balaban J connectivity index is 1.59. The number of hydrogen-bond donors (Lipinski definition) is 2. The lowest BCUT2D eigenvalue weighted by molar-refractivity contribution is -0.138. The molecule has 0 saturated heterocycles. The van der Waals surface area contributed by atoms with Crippen LogP contribution in [0.5, 0.6) is 0 Å². The third kappa shape index (κ3) is 5.88. The molecule has 0 spiro atoms. The van der Waals surface area contributed by atoms with Gasteiger partial charge < -0.3 is 11.1 Å². The summed E-state index contributed by atoms with van der Waals surface area (Å²) in [6.07, 6.45) is -1.30. The molecule has 4 rings (SSSR count). The Morgan fingerprint density at radius 3 is 2.53 bits per heavy atom. The van der Waals surface area contributed by atoms with Crippen molar-refractivity contribution in [3.05, 3.63) is 88.3 Å². The van der Waals surface area contributed by atoms with Gasteiger partial charge in [-0.05, 0) is 48.9 Å². The molecule has 13 heteroatoms. The number of aryl methyl sites for hydroxylation is 1. The number of nitrogens with two attached hydrogens (primary N) is 1. The molecule has 0 saturated carbocycles. The summed E-state index contributed by atoms with van der Waals surface area (Å²) >= 11 is 0. The first-order chi connectivity index (χ1) is 17.7. The number of alkyl halides is 3. The van der Waals surface area contributed by atoms with Gasteiger partial charge in [-0.25, -0.2) is 17.8 Å². The van der Waals surface area contributed by atoms with E-state index in [0.29, 0.717) is 11.3 Å². The Labute approximate surface area is 214 Å². The molecular weight excluding hydrogens is 526 g/mol. The number of benzene rings is 1. The molecule has 3 N–H and O–H groups in total. The summed E-state index contributed by atoms with van der Waals surface area (Å²) in [5.74, 6) is -1.57. The van der Waals surface area contributed by atoms with Crippen LogP contribution in [0.25, 0.3) is 10.9 Å². The van der Waals surface area contributed by atoms with Crippen LogP contribution in [-0.4, -0.2) is 35.5 Å². The van der Waals surface area contributed by atoms with Crippen molar-refractivity contribution in [2.45, 2.75) is 31.0 Å². The average Bonchev–Trinajstić information content (AvgIpc) is 2.81.